The van der Waals surface area contributed by atoms with Crippen molar-refractivity contribution in [1.29, 1.82) is 0 Å². The zero-order valence-corrected chi connectivity index (χ0v) is 17.4. The van der Waals surface area contributed by atoms with Crippen molar-refractivity contribution in [3.63, 3.8) is 0 Å². The van der Waals surface area contributed by atoms with E-state index in [4.69, 9.17) is 16.3 Å². The molecule has 7 heteroatoms. The number of hydrogen-bond acceptors (Lipinski definition) is 3. The van der Waals surface area contributed by atoms with Gasteiger partial charge in [0.2, 0.25) is 5.91 Å². The zero-order chi connectivity index (χ0) is 21.0. The third kappa shape index (κ3) is 4.95. The number of amides is 1. The third-order valence-electron chi connectivity index (χ3n) is 4.79. The van der Waals surface area contributed by atoms with Gasteiger partial charge in [-0.15, -0.1) is 0 Å². The number of carbonyl (C=O) groups is 1. The molecule has 0 N–H and O–H groups in total. The van der Waals surface area contributed by atoms with Crippen molar-refractivity contribution in [3.8, 4) is 11.4 Å². The van der Waals surface area contributed by atoms with E-state index in [1.54, 1.807) is 30.1 Å². The number of hydrogen-bond donors (Lipinski definition) is 0. The van der Waals surface area contributed by atoms with E-state index < -0.39 is 5.82 Å². The Kier molecular flexibility index (Phi) is 6.54. The Balaban J connectivity index is 1.62. The molecule has 3 aromatic rings. The molecule has 0 atom stereocenters. The number of ether oxygens (including phenoxy) is 1. The molecule has 2 aromatic carbocycles. The van der Waals surface area contributed by atoms with Crippen LogP contribution in [-0.2, 0) is 11.2 Å². The SMILES string of the molecule is Cc1nn(-c2ccc(Cl)cc2)c(C)c1CC(=O)N(C)CCOc1ccccc1F. The second-order valence-electron chi connectivity index (χ2n) is 6.81. The lowest BCUT2D eigenvalue weighted by atomic mass is 10.1. The zero-order valence-electron chi connectivity index (χ0n) is 16.7. The topological polar surface area (TPSA) is 47.4 Å². The molecule has 0 aliphatic heterocycles. The highest BCUT2D eigenvalue weighted by Crippen LogP contribution is 2.20. The van der Waals surface area contributed by atoms with Crippen LogP contribution in [0.5, 0.6) is 5.75 Å². The van der Waals surface area contributed by atoms with Crippen molar-refractivity contribution >= 4 is 17.5 Å². The highest BCUT2D eigenvalue weighted by molar-refractivity contribution is 6.30. The van der Waals surface area contributed by atoms with Gasteiger partial charge in [-0.2, -0.15) is 5.10 Å². The quantitative estimate of drug-likeness (QED) is 0.576. The summed E-state index contributed by atoms with van der Waals surface area (Å²) in [4.78, 5) is 14.2. The molecule has 0 unspecified atom stereocenters. The first-order valence-corrected chi connectivity index (χ1v) is 9.67. The molecular formula is C22H23ClFN3O2. The minimum Gasteiger partial charge on any atom is -0.489 e. The molecule has 0 saturated carbocycles. The summed E-state index contributed by atoms with van der Waals surface area (Å²) in [5.74, 6) is -0.282. The predicted octanol–water partition coefficient (Wildman–Crippen LogP) is 4.36. The summed E-state index contributed by atoms with van der Waals surface area (Å²) in [5.41, 5.74) is 3.50. The molecule has 0 radical (unpaired) electrons. The van der Waals surface area contributed by atoms with E-state index >= 15 is 0 Å². The fourth-order valence-electron chi connectivity index (χ4n) is 3.03. The van der Waals surface area contributed by atoms with Gasteiger partial charge in [-0.25, -0.2) is 9.07 Å². The lowest BCUT2D eigenvalue weighted by Crippen LogP contribution is -2.32. The molecule has 0 aliphatic rings. The Morgan fingerprint density at radius 2 is 1.86 bits per heavy atom. The summed E-state index contributed by atoms with van der Waals surface area (Å²) in [6.45, 7) is 4.41. The Bertz CT molecular complexity index is 1000. The second kappa shape index (κ2) is 9.09. The lowest BCUT2D eigenvalue weighted by Gasteiger charge is -2.18. The molecule has 0 spiro atoms. The van der Waals surface area contributed by atoms with E-state index in [0.29, 0.717) is 11.6 Å². The average Bonchev–Trinajstić information content (AvgIpc) is 2.98. The van der Waals surface area contributed by atoms with Gasteiger partial charge in [-0.3, -0.25) is 4.79 Å². The average molecular weight is 416 g/mol. The Morgan fingerprint density at radius 1 is 1.17 bits per heavy atom. The second-order valence-corrected chi connectivity index (χ2v) is 7.24. The number of rotatable bonds is 7. The maximum absolute atomic E-state index is 13.6. The van der Waals surface area contributed by atoms with Crippen LogP contribution >= 0.6 is 11.6 Å². The summed E-state index contributed by atoms with van der Waals surface area (Å²) in [6, 6.07) is 13.6. The molecular weight excluding hydrogens is 393 g/mol. The largest absolute Gasteiger partial charge is 0.489 e. The van der Waals surface area contributed by atoms with Gasteiger partial charge in [0.1, 0.15) is 6.61 Å². The maximum Gasteiger partial charge on any atom is 0.226 e. The molecule has 1 heterocycles. The summed E-state index contributed by atoms with van der Waals surface area (Å²) in [5, 5.41) is 5.23. The van der Waals surface area contributed by atoms with Gasteiger partial charge in [0.15, 0.2) is 11.6 Å². The first kappa shape index (κ1) is 20.9. The van der Waals surface area contributed by atoms with Gasteiger partial charge in [-0.05, 0) is 50.2 Å². The van der Waals surface area contributed by atoms with Crippen LogP contribution in [0.2, 0.25) is 5.02 Å². The number of halogens is 2. The Labute approximate surface area is 174 Å². The highest BCUT2D eigenvalue weighted by Gasteiger charge is 2.18. The van der Waals surface area contributed by atoms with Crippen LogP contribution in [-0.4, -0.2) is 40.8 Å². The summed E-state index contributed by atoms with van der Waals surface area (Å²) < 4.78 is 20.8. The minimum absolute atomic E-state index is 0.0519. The van der Waals surface area contributed by atoms with Crippen LogP contribution in [0.15, 0.2) is 48.5 Å². The molecule has 0 saturated heterocycles. The number of carbonyl (C=O) groups excluding carboxylic acids is 1. The molecule has 0 aliphatic carbocycles. The molecule has 29 heavy (non-hydrogen) atoms. The van der Waals surface area contributed by atoms with Crippen LogP contribution in [0.25, 0.3) is 5.69 Å². The monoisotopic (exact) mass is 415 g/mol. The van der Waals surface area contributed by atoms with E-state index in [1.165, 1.54) is 6.07 Å². The first-order chi connectivity index (χ1) is 13.9. The van der Waals surface area contributed by atoms with Crippen LogP contribution in [0, 0.1) is 19.7 Å². The summed E-state index contributed by atoms with van der Waals surface area (Å²) in [6.07, 6.45) is 0.238. The van der Waals surface area contributed by atoms with Gasteiger partial charge in [0.05, 0.1) is 24.3 Å². The summed E-state index contributed by atoms with van der Waals surface area (Å²) in [7, 11) is 1.71. The number of benzene rings is 2. The van der Waals surface area contributed by atoms with Crippen molar-refractivity contribution in [2.45, 2.75) is 20.3 Å². The first-order valence-electron chi connectivity index (χ1n) is 9.29. The Hall–Kier alpha value is -2.86. The van der Waals surface area contributed by atoms with Crippen molar-refractivity contribution in [3.05, 3.63) is 76.3 Å². The standard InChI is InChI=1S/C22H23ClFN3O2/c1-15-19(16(2)27(25-15)18-10-8-17(23)9-11-18)14-22(28)26(3)12-13-29-21-7-5-4-6-20(21)24/h4-11H,12-14H2,1-3H3. The van der Waals surface area contributed by atoms with E-state index in [0.717, 1.165) is 22.6 Å². The number of para-hydroxylation sites is 1. The van der Waals surface area contributed by atoms with Crippen LogP contribution in [0.3, 0.4) is 0 Å². The van der Waals surface area contributed by atoms with Crippen molar-refractivity contribution in [2.75, 3.05) is 20.2 Å². The fraction of sp³-hybridized carbons (Fsp3) is 0.273. The van der Waals surface area contributed by atoms with Gasteiger partial charge < -0.3 is 9.64 Å². The van der Waals surface area contributed by atoms with E-state index in [-0.39, 0.29) is 24.7 Å². The van der Waals surface area contributed by atoms with Gasteiger partial charge >= 0.3 is 0 Å². The van der Waals surface area contributed by atoms with Crippen molar-refractivity contribution in [1.82, 2.24) is 14.7 Å². The number of likely N-dealkylation sites (N-methyl/N-ethyl adjacent to an activating group) is 1. The summed E-state index contributed by atoms with van der Waals surface area (Å²) >= 11 is 5.96. The van der Waals surface area contributed by atoms with Crippen LogP contribution < -0.4 is 4.74 Å². The molecule has 1 amide bonds. The smallest absolute Gasteiger partial charge is 0.226 e. The van der Waals surface area contributed by atoms with Crippen molar-refractivity contribution in [2.24, 2.45) is 0 Å². The molecule has 152 valence electrons. The van der Waals surface area contributed by atoms with Gasteiger partial charge in [0, 0.05) is 23.3 Å². The Morgan fingerprint density at radius 3 is 2.55 bits per heavy atom. The van der Waals surface area contributed by atoms with E-state index in [9.17, 15) is 9.18 Å². The molecule has 5 nitrogen and oxygen atoms in total. The molecule has 1 aromatic heterocycles. The van der Waals surface area contributed by atoms with Crippen molar-refractivity contribution < 1.29 is 13.9 Å². The molecule has 3 rings (SSSR count). The van der Waals surface area contributed by atoms with E-state index in [2.05, 4.69) is 5.10 Å². The third-order valence-corrected chi connectivity index (χ3v) is 5.04. The normalized spacial score (nSPS) is 10.8. The minimum atomic E-state index is -0.414. The number of aromatic nitrogens is 2. The lowest BCUT2D eigenvalue weighted by molar-refractivity contribution is -0.129. The fourth-order valence-corrected chi connectivity index (χ4v) is 3.16. The van der Waals surface area contributed by atoms with Crippen LogP contribution in [0.1, 0.15) is 17.0 Å². The predicted molar refractivity (Wildman–Crippen MR) is 111 cm³/mol. The van der Waals surface area contributed by atoms with Gasteiger partial charge in [0.25, 0.3) is 0 Å². The van der Waals surface area contributed by atoms with Gasteiger partial charge in [-0.1, -0.05) is 23.7 Å². The maximum atomic E-state index is 13.6. The molecule has 0 bridgehead atoms. The highest BCUT2D eigenvalue weighted by atomic mass is 35.5. The molecule has 0 fully saturated rings. The van der Waals surface area contributed by atoms with Crippen LogP contribution in [0.4, 0.5) is 4.39 Å². The van der Waals surface area contributed by atoms with E-state index in [1.807, 2.05) is 42.8 Å². The number of nitrogens with zero attached hydrogens (tertiary/aromatic N) is 3. The number of aryl methyl sites for hydroxylation is 1.